The summed E-state index contributed by atoms with van der Waals surface area (Å²) in [5.41, 5.74) is 12.2. The Morgan fingerprint density at radius 2 is 1.96 bits per heavy atom. The summed E-state index contributed by atoms with van der Waals surface area (Å²) in [6.07, 6.45) is 1.78. The van der Waals surface area contributed by atoms with Crippen LogP contribution in [0.5, 0.6) is 11.5 Å². The lowest BCUT2D eigenvalue weighted by Crippen LogP contribution is -2.35. The lowest BCUT2D eigenvalue weighted by Gasteiger charge is -2.40. The Labute approximate surface area is 179 Å². The average Bonchev–Trinajstić information content (AvgIpc) is 2.93. The molecule has 4 N–H and O–H groups in total. The van der Waals surface area contributed by atoms with Crippen LogP contribution in [0.25, 0.3) is 21.3 Å². The number of aromatic hydroxyl groups is 2. The van der Waals surface area contributed by atoms with Gasteiger partial charge in [-0.2, -0.15) is 0 Å². The van der Waals surface area contributed by atoms with E-state index in [0.717, 1.165) is 46.3 Å². The standard InChI is InChI=1S/C18H17N3O2S.3ClH/c1-21-5-4-9-15-10(7-11-17(9)24-18(19)20-11)14-8(6-12(15)21)2-3-13(22)16(14)23;;;/h2-3,7,12,22-23H,4-6H2,1H3,(H2,19,20);3*1H/t12-;;;/m1.../s1. The zero-order valence-electron chi connectivity index (χ0n) is 14.4. The second-order valence-electron chi connectivity index (χ2n) is 6.63. The van der Waals surface area contributed by atoms with Gasteiger partial charge in [0.25, 0.3) is 0 Å². The number of benzene rings is 2. The summed E-state index contributed by atoms with van der Waals surface area (Å²) < 4.78 is 1.16. The number of anilines is 1. The van der Waals surface area contributed by atoms with Crippen molar-refractivity contribution in [2.75, 3.05) is 19.3 Å². The molecule has 0 amide bonds. The third-order valence-electron chi connectivity index (χ3n) is 5.35. The van der Waals surface area contributed by atoms with E-state index in [0.29, 0.717) is 5.13 Å². The lowest BCUT2D eigenvalue weighted by atomic mass is 9.76. The van der Waals surface area contributed by atoms with Gasteiger partial charge < -0.3 is 15.9 Å². The number of nitrogens with zero attached hydrogens (tertiary/aromatic N) is 2. The highest BCUT2D eigenvalue weighted by Gasteiger charge is 2.36. The Balaban J connectivity index is 0.000000871. The molecule has 5 nitrogen and oxygen atoms in total. The lowest BCUT2D eigenvalue weighted by molar-refractivity contribution is 0.228. The van der Waals surface area contributed by atoms with Gasteiger partial charge >= 0.3 is 0 Å². The Morgan fingerprint density at radius 1 is 1.22 bits per heavy atom. The summed E-state index contributed by atoms with van der Waals surface area (Å²) in [7, 11) is 2.15. The van der Waals surface area contributed by atoms with Crippen LogP contribution >= 0.6 is 48.6 Å². The number of phenolic OH excluding ortho intramolecular Hbond substituents is 2. The molecule has 3 aromatic rings. The highest BCUT2D eigenvalue weighted by Crippen LogP contribution is 2.52. The van der Waals surface area contributed by atoms with Crippen LogP contribution in [-0.2, 0) is 12.8 Å². The maximum Gasteiger partial charge on any atom is 0.181 e. The van der Waals surface area contributed by atoms with Crippen LogP contribution in [0.3, 0.4) is 0 Å². The SMILES string of the molecule is CN1CCc2c3c(cc4nc(N)sc24)-c2c(ccc(O)c2O)C[C@H]31.Cl.Cl.Cl. The van der Waals surface area contributed by atoms with Crippen LogP contribution in [0.15, 0.2) is 18.2 Å². The number of nitrogen functional groups attached to an aromatic ring is 1. The number of aromatic nitrogens is 1. The normalized spacial score (nSPS) is 17.1. The second kappa shape index (κ2) is 7.53. The Morgan fingerprint density at radius 3 is 2.70 bits per heavy atom. The number of hydrogen-bond acceptors (Lipinski definition) is 6. The molecule has 0 saturated heterocycles. The number of rotatable bonds is 0. The predicted octanol–water partition coefficient (Wildman–Crippen LogP) is 4.31. The van der Waals surface area contributed by atoms with E-state index in [1.54, 1.807) is 6.07 Å². The highest BCUT2D eigenvalue weighted by molar-refractivity contribution is 7.22. The summed E-state index contributed by atoms with van der Waals surface area (Å²) in [6, 6.07) is 5.79. The molecule has 146 valence electrons. The first-order valence-corrected chi connectivity index (χ1v) is 8.82. The molecule has 2 aromatic carbocycles. The van der Waals surface area contributed by atoms with E-state index in [9.17, 15) is 10.2 Å². The van der Waals surface area contributed by atoms with Crippen LogP contribution in [0.4, 0.5) is 5.13 Å². The van der Waals surface area contributed by atoms with E-state index >= 15 is 0 Å². The van der Waals surface area contributed by atoms with Crippen molar-refractivity contribution in [3.63, 3.8) is 0 Å². The smallest absolute Gasteiger partial charge is 0.181 e. The van der Waals surface area contributed by atoms with Crippen LogP contribution in [0.2, 0.25) is 0 Å². The van der Waals surface area contributed by atoms with E-state index in [2.05, 4.69) is 16.9 Å². The molecule has 0 radical (unpaired) electrons. The molecule has 27 heavy (non-hydrogen) atoms. The fourth-order valence-electron chi connectivity index (χ4n) is 4.22. The zero-order valence-corrected chi connectivity index (χ0v) is 17.7. The molecule has 0 spiro atoms. The van der Waals surface area contributed by atoms with E-state index in [4.69, 9.17) is 5.73 Å². The van der Waals surface area contributed by atoms with Crippen LogP contribution < -0.4 is 5.73 Å². The van der Waals surface area contributed by atoms with Gasteiger partial charge in [0.05, 0.1) is 10.2 Å². The van der Waals surface area contributed by atoms with Crippen molar-refractivity contribution >= 4 is 63.9 Å². The van der Waals surface area contributed by atoms with Crippen molar-refractivity contribution in [1.82, 2.24) is 9.88 Å². The second-order valence-corrected chi connectivity index (χ2v) is 7.67. The Bertz CT molecular complexity index is 1020. The Kier molecular flexibility index (Phi) is 6.09. The van der Waals surface area contributed by atoms with E-state index in [1.807, 2.05) is 12.1 Å². The molecule has 5 rings (SSSR count). The third kappa shape index (κ3) is 3.00. The van der Waals surface area contributed by atoms with Gasteiger partial charge in [0.2, 0.25) is 0 Å². The molecule has 0 bridgehead atoms. The van der Waals surface area contributed by atoms with Crippen molar-refractivity contribution < 1.29 is 10.2 Å². The number of hydrogen-bond donors (Lipinski definition) is 3. The molecular weight excluding hydrogens is 429 g/mol. The highest BCUT2D eigenvalue weighted by atomic mass is 35.5. The first kappa shape index (κ1) is 21.9. The molecule has 0 unspecified atom stereocenters. The topological polar surface area (TPSA) is 82.6 Å². The predicted molar refractivity (Wildman–Crippen MR) is 117 cm³/mol. The molecule has 2 aliphatic rings. The molecule has 1 atom stereocenters. The summed E-state index contributed by atoms with van der Waals surface area (Å²) in [4.78, 5) is 6.83. The molecule has 0 saturated carbocycles. The molecule has 0 fully saturated rings. The van der Waals surface area contributed by atoms with E-state index in [-0.39, 0.29) is 54.8 Å². The number of phenols is 2. The van der Waals surface area contributed by atoms with Crippen LogP contribution in [-0.4, -0.2) is 33.7 Å². The van der Waals surface area contributed by atoms with Gasteiger partial charge in [0, 0.05) is 18.2 Å². The van der Waals surface area contributed by atoms with Gasteiger partial charge in [0.15, 0.2) is 16.6 Å². The number of nitrogens with two attached hydrogens (primary N) is 1. The summed E-state index contributed by atoms with van der Waals surface area (Å²) >= 11 is 1.54. The molecule has 1 aliphatic heterocycles. The van der Waals surface area contributed by atoms with Crippen molar-refractivity contribution in [3.8, 4) is 22.6 Å². The van der Waals surface area contributed by atoms with Gasteiger partial charge in [-0.15, -0.1) is 37.2 Å². The fourth-order valence-corrected chi connectivity index (χ4v) is 5.12. The van der Waals surface area contributed by atoms with E-state index < -0.39 is 0 Å². The Hall–Kier alpha value is -1.44. The quantitative estimate of drug-likeness (QED) is 0.446. The van der Waals surface area contributed by atoms with Gasteiger partial charge in [-0.25, -0.2) is 4.98 Å². The average molecular weight is 449 g/mol. The number of thiazole rings is 1. The summed E-state index contributed by atoms with van der Waals surface area (Å²) in [5.74, 6) is -0.119. The molecule has 9 heteroatoms. The minimum Gasteiger partial charge on any atom is -0.504 e. The number of fused-ring (bicyclic) bond motifs is 4. The summed E-state index contributed by atoms with van der Waals surface area (Å²) in [6.45, 7) is 0.993. The van der Waals surface area contributed by atoms with Crippen LogP contribution in [0.1, 0.15) is 22.7 Å². The molecule has 1 aromatic heterocycles. The zero-order chi connectivity index (χ0) is 16.6. The number of halogens is 3. The van der Waals surface area contributed by atoms with Gasteiger partial charge in [-0.05, 0) is 54.3 Å². The van der Waals surface area contributed by atoms with E-state index in [1.165, 1.54) is 22.5 Å². The maximum atomic E-state index is 10.5. The van der Waals surface area contributed by atoms with Gasteiger partial charge in [0.1, 0.15) is 0 Å². The largest absolute Gasteiger partial charge is 0.504 e. The van der Waals surface area contributed by atoms with Gasteiger partial charge in [-0.1, -0.05) is 17.4 Å². The third-order valence-corrected chi connectivity index (χ3v) is 6.31. The minimum absolute atomic E-state index is 0. The first-order valence-electron chi connectivity index (χ1n) is 8.01. The van der Waals surface area contributed by atoms with Crippen molar-refractivity contribution in [1.29, 1.82) is 0 Å². The molecular formula is C18H20Cl3N3O2S. The molecule has 1 aliphatic carbocycles. The maximum absolute atomic E-state index is 10.5. The fraction of sp³-hybridized carbons (Fsp3) is 0.278. The monoisotopic (exact) mass is 447 g/mol. The van der Waals surface area contributed by atoms with Gasteiger partial charge in [-0.3, -0.25) is 4.90 Å². The number of likely N-dealkylation sites (N-methyl/N-ethyl adjacent to an activating group) is 1. The molecule has 2 heterocycles. The minimum atomic E-state index is -0.0806. The summed E-state index contributed by atoms with van der Waals surface area (Å²) in [5, 5.41) is 21.0. The first-order chi connectivity index (χ1) is 11.5. The van der Waals surface area contributed by atoms with Crippen LogP contribution in [0, 0.1) is 0 Å². The van der Waals surface area contributed by atoms with Crippen molar-refractivity contribution in [2.45, 2.75) is 18.9 Å². The van der Waals surface area contributed by atoms with Crippen molar-refractivity contribution in [2.24, 2.45) is 0 Å². The van der Waals surface area contributed by atoms with Crippen molar-refractivity contribution in [3.05, 3.63) is 34.9 Å².